The maximum Gasteiger partial charge on any atom is 0.261 e. The van der Waals surface area contributed by atoms with Gasteiger partial charge >= 0.3 is 0 Å². The molecule has 3 aliphatic rings. The molecule has 0 unspecified atom stereocenters. The highest BCUT2D eigenvalue weighted by Gasteiger charge is 2.33. The summed E-state index contributed by atoms with van der Waals surface area (Å²) in [4.78, 5) is 28.7. The van der Waals surface area contributed by atoms with Gasteiger partial charge < -0.3 is 19.3 Å². The highest BCUT2D eigenvalue weighted by molar-refractivity contribution is 5.96. The third-order valence-electron chi connectivity index (χ3n) is 4.86. The van der Waals surface area contributed by atoms with Gasteiger partial charge in [-0.25, -0.2) is 4.68 Å². The lowest BCUT2D eigenvalue weighted by Crippen LogP contribution is -2.52. The van der Waals surface area contributed by atoms with Gasteiger partial charge in [0.25, 0.3) is 11.8 Å². The smallest absolute Gasteiger partial charge is 0.261 e. The minimum atomic E-state index is -0.289. The first-order valence-corrected chi connectivity index (χ1v) is 8.62. The first-order valence-electron chi connectivity index (χ1n) is 8.62. The molecule has 4 heterocycles. The molecule has 3 aliphatic heterocycles. The lowest BCUT2D eigenvalue weighted by molar-refractivity contribution is -0.142. The minimum absolute atomic E-state index is 0.0610. The molecular weight excluding hydrogens is 312 g/mol. The highest BCUT2D eigenvalue weighted by Crippen LogP contribution is 2.24. The first-order chi connectivity index (χ1) is 11.7. The second-order valence-corrected chi connectivity index (χ2v) is 6.41. The Morgan fingerprint density at radius 2 is 1.83 bits per heavy atom. The summed E-state index contributed by atoms with van der Waals surface area (Å²) >= 11 is 0. The number of piperazine rings is 1. The Morgan fingerprint density at radius 3 is 2.58 bits per heavy atom. The largest absolute Gasteiger partial charge is 0.477 e. The predicted molar refractivity (Wildman–Crippen MR) is 83.8 cm³/mol. The van der Waals surface area contributed by atoms with Crippen LogP contribution in [-0.2, 0) is 16.1 Å². The molecule has 0 bridgehead atoms. The van der Waals surface area contributed by atoms with Gasteiger partial charge in [0.15, 0.2) is 0 Å². The molecule has 2 fully saturated rings. The van der Waals surface area contributed by atoms with E-state index in [1.807, 2.05) is 4.90 Å². The summed E-state index contributed by atoms with van der Waals surface area (Å²) in [5.74, 6) is 0.567. The van der Waals surface area contributed by atoms with Crippen LogP contribution in [0.15, 0.2) is 6.20 Å². The van der Waals surface area contributed by atoms with Gasteiger partial charge in [-0.05, 0) is 12.8 Å². The van der Waals surface area contributed by atoms with Crippen LogP contribution in [0.3, 0.4) is 0 Å². The fourth-order valence-electron chi connectivity index (χ4n) is 3.49. The van der Waals surface area contributed by atoms with Crippen LogP contribution < -0.4 is 4.74 Å². The Balaban J connectivity index is 1.38. The summed E-state index contributed by atoms with van der Waals surface area (Å²) in [6.07, 6.45) is 3.96. The number of carbonyl (C=O) groups is 2. The van der Waals surface area contributed by atoms with Crippen LogP contribution in [0.5, 0.6) is 5.88 Å². The lowest BCUT2D eigenvalue weighted by Gasteiger charge is -2.35. The molecule has 1 atom stereocenters. The average Bonchev–Trinajstić information content (AvgIpc) is 3.30. The molecule has 0 aromatic carbocycles. The SMILES string of the molecule is O=C(c1cnn2c1OCCC2)N1CCN(C(=O)[C@@H]2CCCO2)CC1. The summed E-state index contributed by atoms with van der Waals surface area (Å²) in [7, 11) is 0. The molecular formula is C16H22N4O4. The Morgan fingerprint density at radius 1 is 1.04 bits per heavy atom. The number of carbonyl (C=O) groups excluding carboxylic acids is 2. The summed E-state index contributed by atoms with van der Waals surface area (Å²) < 4.78 is 12.8. The standard InChI is InChI=1S/C16H22N4O4/c21-14(12-11-17-20-4-2-10-24-16(12)20)18-5-7-19(8-6-18)15(22)13-3-1-9-23-13/h11,13H,1-10H2/t13-/m0/s1. The fraction of sp³-hybridized carbons (Fsp3) is 0.688. The number of fused-ring (bicyclic) bond motifs is 1. The second kappa shape index (κ2) is 6.43. The van der Waals surface area contributed by atoms with Gasteiger partial charge in [0.1, 0.15) is 11.7 Å². The number of hydrogen-bond donors (Lipinski definition) is 0. The van der Waals surface area contributed by atoms with Gasteiger partial charge in [0.05, 0.1) is 12.8 Å². The Labute approximate surface area is 140 Å². The van der Waals surface area contributed by atoms with Crippen molar-refractivity contribution in [2.45, 2.75) is 31.9 Å². The molecule has 24 heavy (non-hydrogen) atoms. The van der Waals surface area contributed by atoms with E-state index in [4.69, 9.17) is 9.47 Å². The minimum Gasteiger partial charge on any atom is -0.477 e. The quantitative estimate of drug-likeness (QED) is 0.768. The van der Waals surface area contributed by atoms with E-state index in [0.717, 1.165) is 25.8 Å². The number of rotatable bonds is 2. The van der Waals surface area contributed by atoms with E-state index in [9.17, 15) is 9.59 Å². The van der Waals surface area contributed by atoms with Crippen molar-refractivity contribution in [1.82, 2.24) is 19.6 Å². The molecule has 8 nitrogen and oxygen atoms in total. The maximum absolute atomic E-state index is 12.7. The molecule has 2 saturated heterocycles. The predicted octanol–water partition coefficient (Wildman–Crippen LogP) is 0.129. The van der Waals surface area contributed by atoms with Crippen LogP contribution in [0, 0.1) is 0 Å². The van der Waals surface area contributed by atoms with Gasteiger partial charge in [0, 0.05) is 45.8 Å². The van der Waals surface area contributed by atoms with E-state index in [1.54, 1.807) is 15.8 Å². The molecule has 0 spiro atoms. The van der Waals surface area contributed by atoms with Crippen molar-refractivity contribution < 1.29 is 19.1 Å². The summed E-state index contributed by atoms with van der Waals surface area (Å²) in [6, 6.07) is 0. The van der Waals surface area contributed by atoms with Crippen LogP contribution in [0.4, 0.5) is 0 Å². The van der Waals surface area contributed by atoms with Crippen molar-refractivity contribution in [2.24, 2.45) is 0 Å². The van der Waals surface area contributed by atoms with Gasteiger partial charge in [-0.2, -0.15) is 5.10 Å². The van der Waals surface area contributed by atoms with Crippen LogP contribution >= 0.6 is 0 Å². The second-order valence-electron chi connectivity index (χ2n) is 6.41. The number of amides is 2. The van der Waals surface area contributed by atoms with Crippen molar-refractivity contribution in [3.63, 3.8) is 0 Å². The average molecular weight is 334 g/mol. The van der Waals surface area contributed by atoms with Crippen LogP contribution in [0.1, 0.15) is 29.6 Å². The highest BCUT2D eigenvalue weighted by atomic mass is 16.5. The van der Waals surface area contributed by atoms with Crippen molar-refractivity contribution in [2.75, 3.05) is 39.4 Å². The van der Waals surface area contributed by atoms with Crippen LogP contribution in [0.25, 0.3) is 0 Å². The Bertz CT molecular complexity index is 630. The van der Waals surface area contributed by atoms with Crippen LogP contribution in [0.2, 0.25) is 0 Å². The zero-order chi connectivity index (χ0) is 16.5. The number of ether oxygens (including phenoxy) is 2. The lowest BCUT2D eigenvalue weighted by atomic mass is 10.2. The van der Waals surface area contributed by atoms with E-state index < -0.39 is 0 Å². The Kier molecular flexibility index (Phi) is 4.13. The fourth-order valence-corrected chi connectivity index (χ4v) is 3.49. The Hall–Kier alpha value is -2.09. The third-order valence-corrected chi connectivity index (χ3v) is 4.86. The van der Waals surface area contributed by atoms with E-state index in [-0.39, 0.29) is 17.9 Å². The number of hydrogen-bond acceptors (Lipinski definition) is 5. The number of aromatic nitrogens is 2. The molecule has 130 valence electrons. The van der Waals surface area contributed by atoms with E-state index >= 15 is 0 Å². The molecule has 8 heteroatoms. The first kappa shape index (κ1) is 15.4. The summed E-state index contributed by atoms with van der Waals surface area (Å²) in [6.45, 7) is 4.23. The molecule has 0 radical (unpaired) electrons. The zero-order valence-electron chi connectivity index (χ0n) is 13.6. The molecule has 0 saturated carbocycles. The van der Waals surface area contributed by atoms with Crippen molar-refractivity contribution in [3.8, 4) is 5.88 Å². The molecule has 1 aromatic heterocycles. The third kappa shape index (κ3) is 2.75. The maximum atomic E-state index is 12.7. The molecule has 1 aromatic rings. The van der Waals surface area contributed by atoms with Gasteiger partial charge in [-0.1, -0.05) is 0 Å². The van der Waals surface area contributed by atoms with Crippen LogP contribution in [-0.4, -0.2) is 76.9 Å². The summed E-state index contributed by atoms with van der Waals surface area (Å²) in [5.41, 5.74) is 0.522. The molecule has 2 amide bonds. The van der Waals surface area contributed by atoms with Crippen molar-refractivity contribution in [1.29, 1.82) is 0 Å². The monoisotopic (exact) mass is 334 g/mol. The zero-order valence-corrected chi connectivity index (χ0v) is 13.6. The van der Waals surface area contributed by atoms with Gasteiger partial charge in [0.2, 0.25) is 5.88 Å². The topological polar surface area (TPSA) is 76.9 Å². The molecule has 4 rings (SSSR count). The molecule has 0 aliphatic carbocycles. The normalized spacial score (nSPS) is 23.8. The van der Waals surface area contributed by atoms with E-state index in [0.29, 0.717) is 50.8 Å². The van der Waals surface area contributed by atoms with E-state index in [2.05, 4.69) is 5.10 Å². The number of nitrogens with zero attached hydrogens (tertiary/aromatic N) is 4. The number of aryl methyl sites for hydroxylation is 1. The van der Waals surface area contributed by atoms with Gasteiger partial charge in [-0.3, -0.25) is 9.59 Å². The van der Waals surface area contributed by atoms with E-state index in [1.165, 1.54) is 0 Å². The molecule has 0 N–H and O–H groups in total. The van der Waals surface area contributed by atoms with Crippen molar-refractivity contribution >= 4 is 11.8 Å². The summed E-state index contributed by atoms with van der Waals surface area (Å²) in [5, 5.41) is 4.23. The van der Waals surface area contributed by atoms with Crippen molar-refractivity contribution in [3.05, 3.63) is 11.8 Å². The van der Waals surface area contributed by atoms with Gasteiger partial charge in [-0.15, -0.1) is 0 Å².